The second kappa shape index (κ2) is 2.75. The molecule has 0 aromatic heterocycles. The van der Waals surface area contributed by atoms with E-state index in [1.54, 1.807) is 6.07 Å². The van der Waals surface area contributed by atoms with E-state index in [2.05, 4.69) is 0 Å². The number of carbonyl (C=O) groups is 1. The number of nitrogens with two attached hydrogens (primary N) is 1. The van der Waals surface area contributed by atoms with Gasteiger partial charge in [0.15, 0.2) is 0 Å². The minimum absolute atomic E-state index is 0.134. The Morgan fingerprint density at radius 2 is 2.09 bits per heavy atom. The predicted octanol–water partition coefficient (Wildman–Crippen LogP) is 1.52. The number of aromatic carboxylic acids is 1. The Balaban J connectivity index is 3.19. The van der Waals surface area contributed by atoms with Gasteiger partial charge in [-0.15, -0.1) is 0 Å². The highest BCUT2D eigenvalue weighted by Crippen LogP contribution is 2.14. The molecule has 0 aliphatic carbocycles. The second-order valence-corrected chi connectivity index (χ2v) is 2.57. The molecule has 0 saturated carbocycles. The largest absolute Gasteiger partial charge is 0.478 e. The molecule has 0 heterocycles. The van der Waals surface area contributed by atoms with Crippen molar-refractivity contribution in [3.63, 3.8) is 0 Å². The molecule has 0 spiro atoms. The SMILES string of the molecule is Nc1cc([S])cc(C(=O)O)c1. The number of rotatable bonds is 1. The number of hydrogen-bond acceptors (Lipinski definition) is 2. The number of hydrogen-bond donors (Lipinski definition) is 2. The molecule has 11 heavy (non-hydrogen) atoms. The van der Waals surface area contributed by atoms with Crippen LogP contribution in [0.4, 0.5) is 5.69 Å². The lowest BCUT2D eigenvalue weighted by molar-refractivity contribution is 0.0696. The van der Waals surface area contributed by atoms with Crippen molar-refractivity contribution in [2.24, 2.45) is 0 Å². The lowest BCUT2D eigenvalue weighted by Gasteiger charge is -1.97. The first-order valence-corrected chi connectivity index (χ1v) is 3.31. The molecule has 57 valence electrons. The van der Waals surface area contributed by atoms with Crippen LogP contribution in [-0.2, 0) is 0 Å². The third-order valence-electron chi connectivity index (χ3n) is 1.18. The summed E-state index contributed by atoms with van der Waals surface area (Å²) in [6.45, 7) is 0. The molecular weight excluding hydrogens is 162 g/mol. The van der Waals surface area contributed by atoms with Gasteiger partial charge in [0.2, 0.25) is 0 Å². The summed E-state index contributed by atoms with van der Waals surface area (Å²) in [5, 5.41) is 8.53. The first-order valence-electron chi connectivity index (χ1n) is 2.90. The molecule has 0 aliphatic heterocycles. The number of benzene rings is 1. The lowest BCUT2D eigenvalue weighted by Crippen LogP contribution is -1.97. The molecule has 3 nitrogen and oxygen atoms in total. The smallest absolute Gasteiger partial charge is 0.335 e. The minimum Gasteiger partial charge on any atom is -0.478 e. The number of carboxylic acids is 1. The van der Waals surface area contributed by atoms with Gasteiger partial charge in [0.1, 0.15) is 0 Å². The highest BCUT2D eigenvalue weighted by molar-refractivity contribution is 7.80. The van der Waals surface area contributed by atoms with E-state index in [0.29, 0.717) is 10.6 Å². The lowest BCUT2D eigenvalue weighted by atomic mass is 10.2. The molecule has 4 heteroatoms. The van der Waals surface area contributed by atoms with Crippen molar-refractivity contribution in [2.45, 2.75) is 4.90 Å². The topological polar surface area (TPSA) is 63.3 Å². The molecule has 0 saturated heterocycles. The van der Waals surface area contributed by atoms with E-state index >= 15 is 0 Å². The van der Waals surface area contributed by atoms with Gasteiger partial charge in [0.25, 0.3) is 0 Å². The standard InChI is InChI=1S/C7H6NO2S/c8-5-1-4(7(9)10)2-6(11)3-5/h1-3H,8H2,(H,9,10). The van der Waals surface area contributed by atoms with Crippen molar-refractivity contribution in [3.8, 4) is 0 Å². The predicted molar refractivity (Wildman–Crippen MR) is 43.7 cm³/mol. The molecule has 0 aliphatic rings. The Labute approximate surface area is 69.2 Å². The molecule has 0 amide bonds. The van der Waals surface area contributed by atoms with Gasteiger partial charge in [0.05, 0.1) is 5.56 Å². The summed E-state index contributed by atoms with van der Waals surface area (Å²) in [7, 11) is 0. The van der Waals surface area contributed by atoms with Crippen molar-refractivity contribution < 1.29 is 9.90 Å². The van der Waals surface area contributed by atoms with Gasteiger partial charge < -0.3 is 10.8 Å². The molecule has 1 radical (unpaired) electrons. The average molecular weight is 168 g/mol. The van der Waals surface area contributed by atoms with Gasteiger partial charge in [0, 0.05) is 10.6 Å². The van der Waals surface area contributed by atoms with Crippen LogP contribution in [0.3, 0.4) is 0 Å². The van der Waals surface area contributed by atoms with Crippen LogP contribution < -0.4 is 5.73 Å². The molecule has 1 aromatic rings. The zero-order valence-corrected chi connectivity index (χ0v) is 6.39. The summed E-state index contributed by atoms with van der Waals surface area (Å²) in [5.41, 5.74) is 5.89. The Morgan fingerprint density at radius 1 is 1.45 bits per heavy atom. The minimum atomic E-state index is -1.01. The van der Waals surface area contributed by atoms with E-state index in [0.717, 1.165) is 0 Å². The molecule has 0 fully saturated rings. The molecule has 0 unspecified atom stereocenters. The molecule has 3 N–H and O–H groups in total. The molecular formula is C7H6NO2S. The van der Waals surface area contributed by atoms with Gasteiger partial charge in [-0.05, 0) is 18.2 Å². The van der Waals surface area contributed by atoms with E-state index in [1.165, 1.54) is 12.1 Å². The van der Waals surface area contributed by atoms with Gasteiger partial charge in [-0.1, -0.05) is 12.6 Å². The quantitative estimate of drug-likeness (QED) is 0.625. The van der Waals surface area contributed by atoms with Crippen molar-refractivity contribution in [1.29, 1.82) is 0 Å². The summed E-state index contributed by atoms with van der Waals surface area (Å²) in [5.74, 6) is -1.01. The number of anilines is 1. The van der Waals surface area contributed by atoms with Crippen LogP contribution in [0, 0.1) is 0 Å². The first kappa shape index (κ1) is 7.81. The van der Waals surface area contributed by atoms with Crippen LogP contribution in [0.1, 0.15) is 10.4 Å². The maximum Gasteiger partial charge on any atom is 0.335 e. The Bertz CT molecular complexity index is 278. The average Bonchev–Trinajstić information content (AvgIpc) is 1.85. The second-order valence-electron chi connectivity index (χ2n) is 2.10. The zero-order chi connectivity index (χ0) is 8.43. The van der Waals surface area contributed by atoms with Gasteiger partial charge in [-0.2, -0.15) is 0 Å². The van der Waals surface area contributed by atoms with Crippen molar-refractivity contribution >= 4 is 24.3 Å². The van der Waals surface area contributed by atoms with E-state index in [4.69, 9.17) is 23.5 Å². The highest BCUT2D eigenvalue weighted by Gasteiger charge is 2.03. The summed E-state index contributed by atoms with van der Waals surface area (Å²) in [4.78, 5) is 10.9. The Hall–Kier alpha value is -1.29. The van der Waals surface area contributed by atoms with Crippen molar-refractivity contribution in [2.75, 3.05) is 5.73 Å². The van der Waals surface area contributed by atoms with Crippen LogP contribution in [0.25, 0.3) is 0 Å². The first-order chi connectivity index (χ1) is 5.09. The van der Waals surface area contributed by atoms with Gasteiger partial charge >= 0.3 is 5.97 Å². The van der Waals surface area contributed by atoms with Crippen LogP contribution >= 0.6 is 12.6 Å². The molecule has 0 bridgehead atoms. The summed E-state index contributed by atoms with van der Waals surface area (Å²) < 4.78 is 0. The fourth-order valence-electron chi connectivity index (χ4n) is 0.746. The fourth-order valence-corrected chi connectivity index (χ4v) is 1.01. The molecule has 0 atom stereocenters. The van der Waals surface area contributed by atoms with Crippen LogP contribution in [0.2, 0.25) is 0 Å². The van der Waals surface area contributed by atoms with Gasteiger partial charge in [-0.3, -0.25) is 0 Å². The summed E-state index contributed by atoms with van der Waals surface area (Å²) in [6.07, 6.45) is 0. The third-order valence-corrected chi connectivity index (χ3v) is 1.41. The fraction of sp³-hybridized carbons (Fsp3) is 0. The highest BCUT2D eigenvalue weighted by atomic mass is 32.1. The van der Waals surface area contributed by atoms with Crippen LogP contribution in [-0.4, -0.2) is 11.1 Å². The molecule has 1 aromatic carbocycles. The number of nitrogen functional groups attached to an aromatic ring is 1. The van der Waals surface area contributed by atoms with E-state index in [9.17, 15) is 4.79 Å². The third kappa shape index (κ3) is 1.81. The zero-order valence-electron chi connectivity index (χ0n) is 5.57. The summed E-state index contributed by atoms with van der Waals surface area (Å²) >= 11 is 4.76. The van der Waals surface area contributed by atoms with Crippen molar-refractivity contribution in [1.82, 2.24) is 0 Å². The maximum absolute atomic E-state index is 10.4. The Morgan fingerprint density at radius 3 is 2.55 bits per heavy atom. The van der Waals surface area contributed by atoms with Crippen molar-refractivity contribution in [3.05, 3.63) is 23.8 Å². The molecule has 1 rings (SSSR count). The van der Waals surface area contributed by atoms with Gasteiger partial charge in [-0.25, -0.2) is 4.79 Å². The van der Waals surface area contributed by atoms with Crippen LogP contribution in [0.15, 0.2) is 23.1 Å². The van der Waals surface area contributed by atoms with E-state index in [1.807, 2.05) is 0 Å². The monoisotopic (exact) mass is 168 g/mol. The summed E-state index contributed by atoms with van der Waals surface area (Å²) in [6, 6.07) is 4.31. The Kier molecular flexibility index (Phi) is 1.96. The van der Waals surface area contributed by atoms with E-state index in [-0.39, 0.29) is 5.56 Å². The van der Waals surface area contributed by atoms with Crippen LogP contribution in [0.5, 0.6) is 0 Å². The van der Waals surface area contributed by atoms with E-state index < -0.39 is 5.97 Å². The normalized spacial score (nSPS) is 9.45. The number of carboxylic acid groups (broad SMARTS) is 1. The maximum atomic E-state index is 10.4.